The van der Waals surface area contributed by atoms with Crippen LogP contribution in [0.3, 0.4) is 0 Å². The third kappa shape index (κ3) is 31.6. The van der Waals surface area contributed by atoms with Crippen molar-refractivity contribution < 1.29 is 0 Å². The van der Waals surface area contributed by atoms with Gasteiger partial charge in [-0.05, 0) is 6.92 Å². The van der Waals surface area contributed by atoms with Gasteiger partial charge in [0, 0.05) is 12.4 Å². The number of hydrogen-bond acceptors (Lipinski definition) is 1. The zero-order valence-corrected chi connectivity index (χ0v) is 5.31. The molecule has 0 aliphatic rings. The SMILES string of the molecule is C=CN=CC.CC. The predicted octanol–water partition coefficient (Wildman–Crippen LogP) is 2.25. The maximum Gasteiger partial charge on any atom is 0.0191 e. The fourth-order valence-electron chi connectivity index (χ4n) is 0.105. The molecule has 0 bridgehead atoms. The van der Waals surface area contributed by atoms with Crippen LogP contribution in [-0.2, 0) is 0 Å². The van der Waals surface area contributed by atoms with Gasteiger partial charge in [0.05, 0.1) is 0 Å². The van der Waals surface area contributed by atoms with E-state index in [0.29, 0.717) is 0 Å². The van der Waals surface area contributed by atoms with Crippen LogP contribution in [0.5, 0.6) is 0 Å². The first-order valence-electron chi connectivity index (χ1n) is 2.50. The summed E-state index contributed by atoms with van der Waals surface area (Å²) in [4.78, 5) is 3.61. The van der Waals surface area contributed by atoms with Crippen molar-refractivity contribution in [2.24, 2.45) is 4.99 Å². The maximum atomic E-state index is 3.61. The minimum atomic E-state index is 1.50. The second-order valence-electron chi connectivity index (χ2n) is 0.590. The average molecular weight is 99.2 g/mol. The van der Waals surface area contributed by atoms with Crippen molar-refractivity contribution >= 4 is 6.21 Å². The van der Waals surface area contributed by atoms with Gasteiger partial charge >= 0.3 is 0 Å². The normalized spacial score (nSPS) is 7.29. The molecule has 0 radical (unpaired) electrons. The van der Waals surface area contributed by atoms with E-state index in [9.17, 15) is 0 Å². The number of hydrogen-bond donors (Lipinski definition) is 0. The van der Waals surface area contributed by atoms with Gasteiger partial charge in [0.2, 0.25) is 0 Å². The second kappa shape index (κ2) is 18.1. The quantitative estimate of drug-likeness (QED) is 0.447. The summed E-state index contributed by atoms with van der Waals surface area (Å²) >= 11 is 0. The minimum absolute atomic E-state index is 1.50. The van der Waals surface area contributed by atoms with E-state index >= 15 is 0 Å². The van der Waals surface area contributed by atoms with Crippen LogP contribution in [0.1, 0.15) is 20.8 Å². The molecule has 42 valence electrons. The van der Waals surface area contributed by atoms with Crippen molar-refractivity contribution in [3.63, 3.8) is 0 Å². The van der Waals surface area contributed by atoms with E-state index in [0.717, 1.165) is 0 Å². The molecule has 0 rings (SSSR count). The van der Waals surface area contributed by atoms with Crippen molar-refractivity contribution in [2.75, 3.05) is 0 Å². The Morgan fingerprint density at radius 1 is 1.43 bits per heavy atom. The van der Waals surface area contributed by atoms with Crippen LogP contribution in [-0.4, -0.2) is 6.21 Å². The third-order valence-electron chi connectivity index (χ3n) is 0.254. The summed E-state index contributed by atoms with van der Waals surface area (Å²) in [5.41, 5.74) is 0. The highest BCUT2D eigenvalue weighted by molar-refractivity contribution is 5.53. The van der Waals surface area contributed by atoms with E-state index in [4.69, 9.17) is 0 Å². The summed E-state index contributed by atoms with van der Waals surface area (Å²) < 4.78 is 0. The van der Waals surface area contributed by atoms with Crippen molar-refractivity contribution in [1.82, 2.24) is 0 Å². The second-order valence-corrected chi connectivity index (χ2v) is 0.590. The van der Waals surface area contributed by atoms with Crippen molar-refractivity contribution in [3.05, 3.63) is 12.8 Å². The zero-order valence-electron chi connectivity index (χ0n) is 5.31. The Morgan fingerprint density at radius 3 is 1.86 bits per heavy atom. The topological polar surface area (TPSA) is 12.4 Å². The van der Waals surface area contributed by atoms with Crippen molar-refractivity contribution in [3.8, 4) is 0 Å². The molecule has 0 heterocycles. The van der Waals surface area contributed by atoms with Crippen LogP contribution in [0.2, 0.25) is 0 Å². The summed E-state index contributed by atoms with van der Waals surface area (Å²) in [6.45, 7) is 9.20. The molecular weight excluding hydrogens is 86.1 g/mol. The van der Waals surface area contributed by atoms with E-state index < -0.39 is 0 Å². The Balaban J connectivity index is 0. The van der Waals surface area contributed by atoms with Crippen LogP contribution in [0.25, 0.3) is 0 Å². The van der Waals surface area contributed by atoms with E-state index in [1.165, 1.54) is 6.20 Å². The highest BCUT2D eigenvalue weighted by Crippen LogP contribution is 1.57. The molecule has 0 saturated carbocycles. The molecular formula is C6H13N. The highest BCUT2D eigenvalue weighted by atomic mass is 14.6. The molecule has 0 aromatic rings. The maximum absolute atomic E-state index is 3.61. The van der Waals surface area contributed by atoms with Crippen molar-refractivity contribution in [1.29, 1.82) is 0 Å². The Morgan fingerprint density at radius 2 is 1.86 bits per heavy atom. The summed E-state index contributed by atoms with van der Waals surface area (Å²) in [6.07, 6.45) is 3.19. The van der Waals surface area contributed by atoms with Gasteiger partial charge in [-0.15, -0.1) is 0 Å². The van der Waals surface area contributed by atoms with Crippen LogP contribution in [0.4, 0.5) is 0 Å². The Kier molecular flexibility index (Phi) is 25.0. The Labute approximate surface area is 45.8 Å². The molecule has 0 saturated heterocycles. The van der Waals surface area contributed by atoms with E-state index in [1.54, 1.807) is 6.21 Å². The van der Waals surface area contributed by atoms with E-state index in [-0.39, 0.29) is 0 Å². The molecule has 0 unspecified atom stereocenters. The minimum Gasteiger partial charge on any atom is -0.270 e. The van der Waals surface area contributed by atoms with Crippen LogP contribution in [0.15, 0.2) is 17.8 Å². The summed E-state index contributed by atoms with van der Waals surface area (Å²) in [5.74, 6) is 0. The lowest BCUT2D eigenvalue weighted by molar-refractivity contribution is 1.50. The Bertz CT molecular complexity index is 46.1. The van der Waals surface area contributed by atoms with Gasteiger partial charge in [-0.3, -0.25) is 4.99 Å². The molecule has 7 heavy (non-hydrogen) atoms. The largest absolute Gasteiger partial charge is 0.270 e. The third-order valence-corrected chi connectivity index (χ3v) is 0.254. The molecule has 0 aromatic carbocycles. The van der Waals surface area contributed by atoms with Crippen LogP contribution < -0.4 is 0 Å². The van der Waals surface area contributed by atoms with Gasteiger partial charge in [0.15, 0.2) is 0 Å². The first-order valence-corrected chi connectivity index (χ1v) is 2.50. The monoisotopic (exact) mass is 99.1 g/mol. The highest BCUT2D eigenvalue weighted by Gasteiger charge is 1.40. The lowest BCUT2D eigenvalue weighted by Crippen LogP contribution is -1.46. The smallest absolute Gasteiger partial charge is 0.0191 e. The van der Waals surface area contributed by atoms with Gasteiger partial charge in [-0.2, -0.15) is 0 Å². The van der Waals surface area contributed by atoms with E-state index in [1.807, 2.05) is 20.8 Å². The van der Waals surface area contributed by atoms with Gasteiger partial charge in [0.25, 0.3) is 0 Å². The molecule has 0 spiro atoms. The number of nitrogens with zero attached hydrogens (tertiary/aromatic N) is 1. The molecule has 0 atom stereocenters. The standard InChI is InChI=1S/C4H7N.C2H6/c1-3-5-4-2;1-2/h3-4H,1H2,2H3;1-2H3. The molecule has 0 fully saturated rings. The molecule has 1 nitrogen and oxygen atoms in total. The lowest BCUT2D eigenvalue weighted by Gasteiger charge is -1.58. The Hall–Kier alpha value is -0.590. The van der Waals surface area contributed by atoms with Gasteiger partial charge in [0.1, 0.15) is 0 Å². The van der Waals surface area contributed by atoms with Crippen LogP contribution in [0, 0.1) is 0 Å². The van der Waals surface area contributed by atoms with Gasteiger partial charge in [-0.25, -0.2) is 0 Å². The molecule has 0 aromatic heterocycles. The fraction of sp³-hybridized carbons (Fsp3) is 0.500. The molecule has 0 aliphatic heterocycles. The first-order chi connectivity index (χ1) is 3.41. The van der Waals surface area contributed by atoms with Crippen molar-refractivity contribution in [2.45, 2.75) is 20.8 Å². The number of rotatable bonds is 1. The van der Waals surface area contributed by atoms with Gasteiger partial charge < -0.3 is 0 Å². The molecule has 0 amide bonds. The average Bonchev–Trinajstić information content (AvgIpc) is 1.75. The fourth-order valence-corrected chi connectivity index (χ4v) is 0.105. The van der Waals surface area contributed by atoms with Crippen LogP contribution >= 0.6 is 0 Å². The summed E-state index contributed by atoms with van der Waals surface area (Å²) in [5, 5.41) is 0. The predicted molar refractivity (Wildman–Crippen MR) is 35.7 cm³/mol. The number of aliphatic imine (C=N–C) groups is 1. The first kappa shape index (κ1) is 9.65. The molecule has 0 N–H and O–H groups in total. The summed E-state index contributed by atoms with van der Waals surface area (Å²) in [7, 11) is 0. The van der Waals surface area contributed by atoms with Gasteiger partial charge in [-0.1, -0.05) is 20.4 Å². The molecule has 0 aliphatic carbocycles. The lowest BCUT2D eigenvalue weighted by atomic mass is 10.9. The summed E-state index contributed by atoms with van der Waals surface area (Å²) in [6, 6.07) is 0. The molecule has 1 heteroatoms. The zero-order chi connectivity index (χ0) is 6.12. The van der Waals surface area contributed by atoms with E-state index in [2.05, 4.69) is 11.6 Å².